The fourth-order valence-corrected chi connectivity index (χ4v) is 1.42. The number of aliphatic hydroxyl groups excluding tert-OH is 1. The Bertz CT molecular complexity index is 352. The van der Waals surface area contributed by atoms with Crippen LogP contribution in [0.2, 0.25) is 5.02 Å². The Hall–Kier alpha value is -0.930. The van der Waals surface area contributed by atoms with Crippen molar-refractivity contribution in [1.29, 1.82) is 0 Å². The number of aliphatic hydroxyl groups is 1. The van der Waals surface area contributed by atoms with Gasteiger partial charge in [-0.1, -0.05) is 17.7 Å². The number of hydrogen-bond acceptors (Lipinski definition) is 3. The summed E-state index contributed by atoms with van der Waals surface area (Å²) in [5.41, 5.74) is 6.90. The van der Waals surface area contributed by atoms with Crippen LogP contribution in [0.5, 0.6) is 0 Å². The molecule has 0 unspecified atom stereocenters. The molecular formula is C11H17ClN2O. The highest BCUT2D eigenvalue weighted by Crippen LogP contribution is 2.32. The molecule has 0 saturated carbocycles. The van der Waals surface area contributed by atoms with Crippen LogP contribution < -0.4 is 10.6 Å². The van der Waals surface area contributed by atoms with Gasteiger partial charge in [0, 0.05) is 7.05 Å². The van der Waals surface area contributed by atoms with Gasteiger partial charge in [0.05, 0.1) is 28.5 Å². The Morgan fingerprint density at radius 1 is 1.47 bits per heavy atom. The number of nitrogens with zero attached hydrogens (tertiary/aromatic N) is 1. The first-order valence-corrected chi connectivity index (χ1v) is 5.16. The van der Waals surface area contributed by atoms with Crippen molar-refractivity contribution in [2.75, 3.05) is 24.3 Å². The molecule has 0 heterocycles. The monoisotopic (exact) mass is 228 g/mol. The lowest BCUT2D eigenvalue weighted by Crippen LogP contribution is -2.44. The van der Waals surface area contributed by atoms with E-state index in [0.29, 0.717) is 10.7 Å². The summed E-state index contributed by atoms with van der Waals surface area (Å²) in [7, 11) is 1.89. The van der Waals surface area contributed by atoms with Crippen molar-refractivity contribution in [3.05, 3.63) is 23.2 Å². The van der Waals surface area contributed by atoms with E-state index in [1.807, 2.05) is 37.9 Å². The Morgan fingerprint density at radius 2 is 2.07 bits per heavy atom. The number of hydrogen-bond donors (Lipinski definition) is 2. The summed E-state index contributed by atoms with van der Waals surface area (Å²) < 4.78 is 0. The van der Waals surface area contributed by atoms with Crippen LogP contribution in [-0.4, -0.2) is 24.3 Å². The van der Waals surface area contributed by atoms with Gasteiger partial charge in [-0.3, -0.25) is 0 Å². The Morgan fingerprint density at radius 3 is 2.60 bits per heavy atom. The normalized spacial score (nSPS) is 11.5. The van der Waals surface area contributed by atoms with Crippen molar-refractivity contribution in [3.63, 3.8) is 0 Å². The maximum Gasteiger partial charge on any atom is 0.0741 e. The molecule has 0 aliphatic rings. The number of anilines is 2. The average molecular weight is 229 g/mol. The van der Waals surface area contributed by atoms with Gasteiger partial charge in [-0.15, -0.1) is 0 Å². The van der Waals surface area contributed by atoms with E-state index in [1.165, 1.54) is 0 Å². The van der Waals surface area contributed by atoms with E-state index >= 15 is 0 Å². The quantitative estimate of drug-likeness (QED) is 0.780. The van der Waals surface area contributed by atoms with Gasteiger partial charge in [0.15, 0.2) is 0 Å². The van der Waals surface area contributed by atoms with Crippen LogP contribution in [0.4, 0.5) is 11.4 Å². The van der Waals surface area contributed by atoms with Crippen LogP contribution in [0.15, 0.2) is 18.2 Å². The van der Waals surface area contributed by atoms with Gasteiger partial charge in [0.2, 0.25) is 0 Å². The third kappa shape index (κ3) is 2.36. The smallest absolute Gasteiger partial charge is 0.0741 e. The zero-order valence-electron chi connectivity index (χ0n) is 9.29. The third-order valence-corrected chi connectivity index (χ3v) is 3.02. The van der Waals surface area contributed by atoms with E-state index in [0.717, 1.165) is 5.69 Å². The van der Waals surface area contributed by atoms with Gasteiger partial charge in [-0.2, -0.15) is 0 Å². The lowest BCUT2D eigenvalue weighted by molar-refractivity contribution is 0.216. The summed E-state index contributed by atoms with van der Waals surface area (Å²) in [4.78, 5) is 1.92. The van der Waals surface area contributed by atoms with E-state index in [1.54, 1.807) is 6.07 Å². The SMILES string of the molecule is CN(c1cccc(Cl)c1N)C(C)(C)CO. The predicted octanol–water partition coefficient (Wildman–Crippen LogP) is 2.13. The molecule has 1 aromatic rings. The lowest BCUT2D eigenvalue weighted by atomic mass is 10.0. The van der Waals surface area contributed by atoms with E-state index in [9.17, 15) is 5.11 Å². The molecule has 0 saturated heterocycles. The molecule has 1 rings (SSSR count). The summed E-state index contributed by atoms with van der Waals surface area (Å²) in [5, 5.41) is 9.81. The lowest BCUT2D eigenvalue weighted by Gasteiger charge is -2.36. The summed E-state index contributed by atoms with van der Waals surface area (Å²) in [6.07, 6.45) is 0. The van der Waals surface area contributed by atoms with Crippen molar-refractivity contribution in [2.24, 2.45) is 0 Å². The van der Waals surface area contributed by atoms with Gasteiger partial charge in [0.25, 0.3) is 0 Å². The molecule has 0 fully saturated rings. The largest absolute Gasteiger partial charge is 0.396 e. The highest BCUT2D eigenvalue weighted by Gasteiger charge is 2.24. The molecule has 3 nitrogen and oxygen atoms in total. The maximum atomic E-state index is 9.27. The molecule has 0 radical (unpaired) electrons. The third-order valence-electron chi connectivity index (χ3n) is 2.69. The first-order valence-electron chi connectivity index (χ1n) is 4.79. The molecule has 0 aliphatic heterocycles. The van der Waals surface area contributed by atoms with E-state index in [-0.39, 0.29) is 12.1 Å². The molecule has 15 heavy (non-hydrogen) atoms. The summed E-state index contributed by atoms with van der Waals surface area (Å²) >= 11 is 5.94. The number of rotatable bonds is 3. The minimum absolute atomic E-state index is 0.0510. The topological polar surface area (TPSA) is 49.5 Å². The molecule has 0 aliphatic carbocycles. The summed E-state index contributed by atoms with van der Waals surface area (Å²) in [5.74, 6) is 0. The number of nitrogen functional groups attached to an aromatic ring is 1. The Balaban J connectivity index is 3.12. The van der Waals surface area contributed by atoms with Crippen molar-refractivity contribution < 1.29 is 5.11 Å². The molecule has 0 spiro atoms. The molecule has 0 atom stereocenters. The first-order chi connectivity index (χ1) is 6.90. The minimum atomic E-state index is -0.362. The second-order valence-corrected chi connectivity index (χ2v) is 4.61. The van der Waals surface area contributed by atoms with E-state index in [2.05, 4.69) is 0 Å². The van der Waals surface area contributed by atoms with Crippen molar-refractivity contribution >= 4 is 23.0 Å². The Kier molecular flexibility index (Phi) is 3.47. The van der Waals surface area contributed by atoms with Crippen LogP contribution in [-0.2, 0) is 0 Å². The highest BCUT2D eigenvalue weighted by molar-refractivity contribution is 6.33. The van der Waals surface area contributed by atoms with Crippen LogP contribution in [0, 0.1) is 0 Å². The average Bonchev–Trinajstić information content (AvgIpc) is 2.21. The summed E-state index contributed by atoms with van der Waals surface area (Å²) in [6, 6.07) is 5.48. The Labute approximate surface area is 95.5 Å². The van der Waals surface area contributed by atoms with Gasteiger partial charge < -0.3 is 15.7 Å². The number of halogens is 1. The molecule has 4 heteroatoms. The minimum Gasteiger partial charge on any atom is -0.396 e. The molecule has 0 aromatic heterocycles. The first kappa shape index (κ1) is 12.1. The van der Waals surface area contributed by atoms with E-state index in [4.69, 9.17) is 17.3 Å². The van der Waals surface area contributed by atoms with Crippen LogP contribution in [0.3, 0.4) is 0 Å². The molecule has 0 bridgehead atoms. The predicted molar refractivity (Wildman–Crippen MR) is 65.4 cm³/mol. The van der Waals surface area contributed by atoms with Crippen LogP contribution in [0.25, 0.3) is 0 Å². The molecule has 3 N–H and O–H groups in total. The zero-order valence-corrected chi connectivity index (χ0v) is 10.0. The maximum absolute atomic E-state index is 9.27. The van der Waals surface area contributed by atoms with Gasteiger partial charge in [-0.25, -0.2) is 0 Å². The van der Waals surface area contributed by atoms with Crippen molar-refractivity contribution in [3.8, 4) is 0 Å². The van der Waals surface area contributed by atoms with Crippen molar-refractivity contribution in [2.45, 2.75) is 19.4 Å². The second kappa shape index (κ2) is 4.29. The highest BCUT2D eigenvalue weighted by atomic mass is 35.5. The molecular weight excluding hydrogens is 212 g/mol. The second-order valence-electron chi connectivity index (χ2n) is 4.20. The summed E-state index contributed by atoms with van der Waals surface area (Å²) in [6.45, 7) is 3.93. The van der Waals surface area contributed by atoms with Gasteiger partial charge in [0.1, 0.15) is 0 Å². The number of para-hydroxylation sites is 1. The number of nitrogens with two attached hydrogens (primary N) is 1. The van der Waals surface area contributed by atoms with Crippen LogP contribution in [0.1, 0.15) is 13.8 Å². The zero-order chi connectivity index (χ0) is 11.6. The number of benzene rings is 1. The van der Waals surface area contributed by atoms with Crippen molar-refractivity contribution in [1.82, 2.24) is 0 Å². The fraction of sp³-hybridized carbons (Fsp3) is 0.455. The number of likely N-dealkylation sites (N-methyl/N-ethyl adjacent to an activating group) is 1. The molecule has 0 amide bonds. The standard InChI is InChI=1S/C11H17ClN2O/c1-11(2,7-15)14(3)9-6-4-5-8(12)10(9)13/h4-6,15H,7,13H2,1-3H3. The van der Waals surface area contributed by atoms with E-state index < -0.39 is 0 Å². The van der Waals surface area contributed by atoms with Gasteiger partial charge >= 0.3 is 0 Å². The molecule has 1 aromatic carbocycles. The van der Waals surface area contributed by atoms with Crippen LogP contribution >= 0.6 is 11.6 Å². The van der Waals surface area contributed by atoms with Gasteiger partial charge in [-0.05, 0) is 26.0 Å². The fourth-order valence-electron chi connectivity index (χ4n) is 1.25. The molecule has 84 valence electrons.